The Balaban J connectivity index is 1.99. The van der Waals surface area contributed by atoms with Gasteiger partial charge in [-0.3, -0.25) is 0 Å². The van der Waals surface area contributed by atoms with Gasteiger partial charge in [-0.2, -0.15) is 0 Å². The van der Waals surface area contributed by atoms with Gasteiger partial charge in [0.05, 0.1) is 0 Å². The third kappa shape index (κ3) is 2.31. The SMILES string of the molecule is Cc1nc(NN)c(C)c(Nc2ccc3sccc3c2)n1. The third-order valence-electron chi connectivity index (χ3n) is 3.11. The zero-order valence-electron chi connectivity index (χ0n) is 11.3. The van der Waals surface area contributed by atoms with Crippen molar-refractivity contribution in [3.05, 3.63) is 41.0 Å². The second-order valence-corrected chi connectivity index (χ2v) is 5.48. The van der Waals surface area contributed by atoms with Crippen molar-refractivity contribution in [1.29, 1.82) is 0 Å². The van der Waals surface area contributed by atoms with Gasteiger partial charge in [0.1, 0.15) is 17.5 Å². The molecule has 0 radical (unpaired) electrons. The van der Waals surface area contributed by atoms with Gasteiger partial charge in [0, 0.05) is 16.0 Å². The van der Waals surface area contributed by atoms with Crippen LogP contribution in [0.15, 0.2) is 29.6 Å². The van der Waals surface area contributed by atoms with Crippen LogP contribution in [0.2, 0.25) is 0 Å². The first-order chi connectivity index (χ1) is 9.67. The van der Waals surface area contributed by atoms with E-state index in [0.717, 1.165) is 17.1 Å². The van der Waals surface area contributed by atoms with Gasteiger partial charge < -0.3 is 10.7 Å². The van der Waals surface area contributed by atoms with E-state index in [1.165, 1.54) is 10.1 Å². The molecule has 0 atom stereocenters. The minimum atomic E-state index is 0.636. The van der Waals surface area contributed by atoms with Crippen molar-refractivity contribution < 1.29 is 0 Å². The van der Waals surface area contributed by atoms with Gasteiger partial charge in [-0.1, -0.05) is 0 Å². The first-order valence-electron chi connectivity index (χ1n) is 6.23. The standard InChI is InChI=1S/C14H15N5S/c1-8-13(16-9(2)17-14(8)19-15)18-11-3-4-12-10(7-11)5-6-20-12/h3-7H,15H2,1-2H3,(H2,16,17,18,19). The lowest BCUT2D eigenvalue weighted by Crippen LogP contribution is -2.13. The number of nitrogens with zero attached hydrogens (tertiary/aromatic N) is 2. The molecule has 2 heterocycles. The Labute approximate surface area is 120 Å². The molecule has 0 amide bonds. The number of nitrogens with two attached hydrogens (primary N) is 1. The van der Waals surface area contributed by atoms with Crippen molar-refractivity contribution in [3.8, 4) is 0 Å². The Morgan fingerprint density at radius 1 is 1.10 bits per heavy atom. The summed E-state index contributed by atoms with van der Waals surface area (Å²) in [5.41, 5.74) is 4.49. The Morgan fingerprint density at radius 2 is 1.90 bits per heavy atom. The van der Waals surface area contributed by atoms with Gasteiger partial charge >= 0.3 is 0 Å². The van der Waals surface area contributed by atoms with E-state index in [1.54, 1.807) is 11.3 Å². The summed E-state index contributed by atoms with van der Waals surface area (Å²) in [7, 11) is 0. The largest absolute Gasteiger partial charge is 0.340 e. The highest BCUT2D eigenvalue weighted by Crippen LogP contribution is 2.27. The van der Waals surface area contributed by atoms with E-state index in [4.69, 9.17) is 5.84 Å². The van der Waals surface area contributed by atoms with Crippen molar-refractivity contribution in [2.24, 2.45) is 5.84 Å². The number of thiophene rings is 1. The fourth-order valence-corrected chi connectivity index (χ4v) is 2.84. The fraction of sp³-hybridized carbons (Fsp3) is 0.143. The number of hydrogen-bond acceptors (Lipinski definition) is 6. The normalized spacial score (nSPS) is 10.8. The van der Waals surface area contributed by atoms with Gasteiger partial charge in [0.2, 0.25) is 0 Å². The summed E-state index contributed by atoms with van der Waals surface area (Å²) < 4.78 is 1.27. The molecule has 0 aliphatic heterocycles. The summed E-state index contributed by atoms with van der Waals surface area (Å²) in [6.07, 6.45) is 0. The van der Waals surface area contributed by atoms with Crippen molar-refractivity contribution in [1.82, 2.24) is 9.97 Å². The summed E-state index contributed by atoms with van der Waals surface area (Å²) in [5, 5.41) is 6.64. The van der Waals surface area contributed by atoms with Gasteiger partial charge in [0.25, 0.3) is 0 Å². The highest BCUT2D eigenvalue weighted by Gasteiger charge is 2.08. The maximum atomic E-state index is 5.48. The second kappa shape index (κ2) is 5.07. The summed E-state index contributed by atoms with van der Waals surface area (Å²) in [5.74, 6) is 7.54. The van der Waals surface area contributed by atoms with Crippen molar-refractivity contribution in [2.45, 2.75) is 13.8 Å². The number of fused-ring (bicyclic) bond motifs is 1. The first-order valence-corrected chi connectivity index (χ1v) is 7.11. The van der Waals surface area contributed by atoms with Crippen LogP contribution in [-0.2, 0) is 0 Å². The molecular formula is C14H15N5S. The van der Waals surface area contributed by atoms with Gasteiger partial charge in [-0.15, -0.1) is 11.3 Å². The molecule has 1 aromatic carbocycles. The van der Waals surface area contributed by atoms with E-state index >= 15 is 0 Å². The molecule has 0 saturated heterocycles. The molecule has 2 aromatic heterocycles. The maximum Gasteiger partial charge on any atom is 0.148 e. The summed E-state index contributed by atoms with van der Waals surface area (Å²) in [6, 6.07) is 8.37. The first kappa shape index (κ1) is 12.8. The topological polar surface area (TPSA) is 75.9 Å². The second-order valence-electron chi connectivity index (χ2n) is 4.54. The molecule has 6 heteroatoms. The Hall–Kier alpha value is -2.18. The van der Waals surface area contributed by atoms with Crippen LogP contribution >= 0.6 is 11.3 Å². The van der Waals surface area contributed by atoms with Crippen LogP contribution in [0, 0.1) is 13.8 Å². The van der Waals surface area contributed by atoms with Crippen LogP contribution in [0.4, 0.5) is 17.3 Å². The Kier molecular flexibility index (Phi) is 3.25. The van der Waals surface area contributed by atoms with Gasteiger partial charge in [0.15, 0.2) is 0 Å². The Morgan fingerprint density at radius 3 is 2.70 bits per heavy atom. The molecule has 0 fully saturated rings. The monoisotopic (exact) mass is 285 g/mol. The number of rotatable bonds is 3. The van der Waals surface area contributed by atoms with Crippen LogP contribution < -0.4 is 16.6 Å². The van der Waals surface area contributed by atoms with Crippen LogP contribution in [0.3, 0.4) is 0 Å². The Bertz CT molecular complexity index is 765. The minimum absolute atomic E-state index is 0.636. The summed E-state index contributed by atoms with van der Waals surface area (Å²) in [6.45, 7) is 3.77. The van der Waals surface area contributed by atoms with Crippen LogP contribution in [-0.4, -0.2) is 9.97 Å². The molecule has 5 nitrogen and oxygen atoms in total. The maximum absolute atomic E-state index is 5.48. The summed E-state index contributed by atoms with van der Waals surface area (Å²) in [4.78, 5) is 8.68. The van der Waals surface area contributed by atoms with Crippen LogP contribution in [0.1, 0.15) is 11.4 Å². The smallest absolute Gasteiger partial charge is 0.148 e. The average molecular weight is 285 g/mol. The van der Waals surface area contributed by atoms with Crippen molar-refractivity contribution in [3.63, 3.8) is 0 Å². The quantitative estimate of drug-likeness (QED) is 0.508. The number of hydrazine groups is 1. The van der Waals surface area contributed by atoms with E-state index in [1.807, 2.05) is 19.9 Å². The summed E-state index contributed by atoms with van der Waals surface area (Å²) >= 11 is 1.73. The number of aromatic nitrogens is 2. The highest BCUT2D eigenvalue weighted by molar-refractivity contribution is 7.17. The number of aryl methyl sites for hydroxylation is 1. The number of anilines is 3. The van der Waals surface area contributed by atoms with Crippen LogP contribution in [0.25, 0.3) is 10.1 Å². The lowest BCUT2D eigenvalue weighted by atomic mass is 10.2. The number of nitrogen functional groups attached to an aromatic ring is 1. The van der Waals surface area contributed by atoms with Gasteiger partial charge in [-0.05, 0) is 48.9 Å². The lowest BCUT2D eigenvalue weighted by Gasteiger charge is -2.12. The molecule has 20 heavy (non-hydrogen) atoms. The number of nitrogens with one attached hydrogen (secondary N) is 2. The fourth-order valence-electron chi connectivity index (χ4n) is 2.07. The lowest BCUT2D eigenvalue weighted by molar-refractivity contribution is 1.03. The molecule has 0 bridgehead atoms. The van der Waals surface area contributed by atoms with E-state index < -0.39 is 0 Å². The molecule has 0 spiro atoms. The third-order valence-corrected chi connectivity index (χ3v) is 4.01. The minimum Gasteiger partial charge on any atom is -0.340 e. The molecule has 3 rings (SSSR count). The van der Waals surface area contributed by atoms with Crippen molar-refractivity contribution in [2.75, 3.05) is 10.7 Å². The molecule has 0 saturated carbocycles. The molecule has 0 aliphatic carbocycles. The molecular weight excluding hydrogens is 270 g/mol. The van der Waals surface area contributed by atoms with E-state index in [-0.39, 0.29) is 0 Å². The van der Waals surface area contributed by atoms with E-state index in [0.29, 0.717) is 11.6 Å². The molecule has 102 valence electrons. The average Bonchev–Trinajstić information content (AvgIpc) is 2.90. The van der Waals surface area contributed by atoms with E-state index in [9.17, 15) is 0 Å². The molecule has 4 N–H and O–H groups in total. The molecule has 0 aliphatic rings. The highest BCUT2D eigenvalue weighted by atomic mass is 32.1. The van der Waals surface area contributed by atoms with E-state index in [2.05, 4.69) is 44.3 Å². The zero-order valence-corrected chi connectivity index (χ0v) is 12.1. The zero-order chi connectivity index (χ0) is 14.1. The number of benzene rings is 1. The van der Waals surface area contributed by atoms with Crippen molar-refractivity contribution >= 4 is 38.7 Å². The molecule has 3 aromatic rings. The molecule has 0 unspecified atom stereocenters. The van der Waals surface area contributed by atoms with Crippen LogP contribution in [0.5, 0.6) is 0 Å². The van der Waals surface area contributed by atoms with Gasteiger partial charge in [-0.25, -0.2) is 15.8 Å². The predicted molar refractivity (Wildman–Crippen MR) is 84.4 cm³/mol. The predicted octanol–water partition coefficient (Wildman–Crippen LogP) is 3.34. The number of hydrogen-bond donors (Lipinski definition) is 3.